The minimum Gasteiger partial charge on any atom is -0.497 e. The van der Waals surface area contributed by atoms with Crippen molar-refractivity contribution in [2.45, 2.75) is 34.6 Å². The highest BCUT2D eigenvalue weighted by molar-refractivity contribution is 7.99. The second-order valence-corrected chi connectivity index (χ2v) is 7.00. The molecule has 3 N–H and O–H groups in total. The van der Waals surface area contributed by atoms with Crippen LogP contribution in [-0.2, 0) is 0 Å². The van der Waals surface area contributed by atoms with Gasteiger partial charge in [0, 0.05) is 9.79 Å². The van der Waals surface area contributed by atoms with Crippen molar-refractivity contribution in [3.63, 3.8) is 0 Å². The number of ether oxygens (including phenoxy) is 1. The first-order valence-electron chi connectivity index (χ1n) is 7.76. The Morgan fingerprint density at radius 3 is 2.54 bits per heavy atom. The van der Waals surface area contributed by atoms with E-state index >= 15 is 0 Å². The SMILES string of the molecule is COc1ccc(Sc2cccc([C@H]3C[C@H](N(O)C(N)=O)C3)c2)cc1. The fraction of sp³-hybridized carbons (Fsp3) is 0.278. The van der Waals surface area contributed by atoms with E-state index in [0.717, 1.165) is 28.4 Å². The molecule has 0 saturated heterocycles. The number of nitrogens with zero attached hydrogens (tertiary/aromatic N) is 1. The van der Waals surface area contributed by atoms with E-state index in [-0.39, 0.29) is 6.04 Å². The largest absolute Gasteiger partial charge is 0.497 e. The molecular formula is C18H20N2O3S. The molecule has 0 spiro atoms. The molecule has 5 nitrogen and oxygen atoms in total. The third-order valence-corrected chi connectivity index (χ3v) is 5.31. The van der Waals surface area contributed by atoms with Crippen LogP contribution in [0, 0.1) is 0 Å². The molecule has 0 radical (unpaired) electrons. The molecule has 0 bridgehead atoms. The van der Waals surface area contributed by atoms with Crippen LogP contribution in [0.5, 0.6) is 5.75 Å². The summed E-state index contributed by atoms with van der Waals surface area (Å²) in [6.45, 7) is 0. The van der Waals surface area contributed by atoms with Gasteiger partial charge in [-0.15, -0.1) is 0 Å². The smallest absolute Gasteiger partial charge is 0.338 e. The molecule has 0 heterocycles. The molecule has 126 valence electrons. The van der Waals surface area contributed by atoms with E-state index < -0.39 is 6.03 Å². The number of hydrogen-bond donors (Lipinski definition) is 2. The third-order valence-electron chi connectivity index (χ3n) is 4.31. The van der Waals surface area contributed by atoms with Crippen LogP contribution in [0.15, 0.2) is 58.3 Å². The Hall–Kier alpha value is -2.18. The highest BCUT2D eigenvalue weighted by Gasteiger charge is 2.35. The molecule has 0 aliphatic heterocycles. The number of carbonyl (C=O) groups is 1. The minimum atomic E-state index is -0.790. The molecule has 6 heteroatoms. The molecule has 2 aromatic carbocycles. The van der Waals surface area contributed by atoms with Crippen LogP contribution < -0.4 is 10.5 Å². The maximum atomic E-state index is 11.0. The van der Waals surface area contributed by atoms with Crippen molar-refractivity contribution >= 4 is 17.8 Å². The van der Waals surface area contributed by atoms with Gasteiger partial charge in [0.05, 0.1) is 13.2 Å². The van der Waals surface area contributed by atoms with E-state index in [1.165, 1.54) is 5.56 Å². The van der Waals surface area contributed by atoms with E-state index in [2.05, 4.69) is 18.2 Å². The van der Waals surface area contributed by atoms with Crippen LogP contribution in [0.25, 0.3) is 0 Å². The number of methoxy groups -OCH3 is 1. The fourth-order valence-electron chi connectivity index (χ4n) is 2.85. The molecule has 0 atom stereocenters. The van der Waals surface area contributed by atoms with Crippen molar-refractivity contribution in [3.05, 3.63) is 54.1 Å². The van der Waals surface area contributed by atoms with Crippen molar-refractivity contribution in [1.29, 1.82) is 0 Å². The van der Waals surface area contributed by atoms with Gasteiger partial charge in [0.1, 0.15) is 5.75 Å². The van der Waals surface area contributed by atoms with Gasteiger partial charge in [-0.25, -0.2) is 9.86 Å². The van der Waals surface area contributed by atoms with Crippen LogP contribution >= 0.6 is 11.8 Å². The van der Waals surface area contributed by atoms with Crippen LogP contribution in [-0.4, -0.2) is 29.5 Å². The topological polar surface area (TPSA) is 75.8 Å². The zero-order chi connectivity index (χ0) is 17.1. The molecular weight excluding hydrogens is 324 g/mol. The number of primary amides is 1. The molecule has 1 aliphatic rings. The van der Waals surface area contributed by atoms with Gasteiger partial charge < -0.3 is 10.5 Å². The number of hydrogen-bond acceptors (Lipinski definition) is 4. The average Bonchev–Trinajstić information content (AvgIpc) is 2.54. The average molecular weight is 344 g/mol. The van der Waals surface area contributed by atoms with E-state index in [4.69, 9.17) is 10.5 Å². The zero-order valence-corrected chi connectivity index (χ0v) is 14.2. The fourth-order valence-corrected chi connectivity index (χ4v) is 3.74. The van der Waals surface area contributed by atoms with E-state index in [1.807, 2.05) is 30.3 Å². The lowest BCUT2D eigenvalue weighted by molar-refractivity contribution is -0.102. The summed E-state index contributed by atoms with van der Waals surface area (Å²) in [5, 5.41) is 10.2. The normalized spacial score (nSPS) is 19.4. The Kier molecular flexibility index (Phi) is 4.97. The first kappa shape index (κ1) is 16.7. The van der Waals surface area contributed by atoms with E-state index in [1.54, 1.807) is 18.9 Å². The second-order valence-electron chi connectivity index (χ2n) is 5.86. The van der Waals surface area contributed by atoms with Crippen LogP contribution in [0.1, 0.15) is 24.3 Å². The Labute approximate surface area is 145 Å². The summed E-state index contributed by atoms with van der Waals surface area (Å²) >= 11 is 1.70. The van der Waals surface area contributed by atoms with Crippen molar-refractivity contribution in [3.8, 4) is 5.75 Å². The zero-order valence-electron chi connectivity index (χ0n) is 13.4. The lowest BCUT2D eigenvalue weighted by atomic mass is 9.76. The number of carbonyl (C=O) groups excluding carboxylic acids is 1. The Balaban J connectivity index is 1.63. The molecule has 1 saturated carbocycles. The quantitative estimate of drug-likeness (QED) is 0.638. The summed E-state index contributed by atoms with van der Waals surface area (Å²) in [5.41, 5.74) is 6.31. The lowest BCUT2D eigenvalue weighted by Crippen LogP contribution is -2.47. The van der Waals surface area contributed by atoms with Gasteiger partial charge in [-0.2, -0.15) is 0 Å². The number of amides is 2. The molecule has 0 unspecified atom stereocenters. The third kappa shape index (κ3) is 3.66. The number of rotatable bonds is 5. The number of benzene rings is 2. The maximum absolute atomic E-state index is 11.0. The Bertz CT molecular complexity index is 714. The maximum Gasteiger partial charge on any atom is 0.338 e. The summed E-state index contributed by atoms with van der Waals surface area (Å²) in [6.07, 6.45) is 1.46. The summed E-state index contributed by atoms with van der Waals surface area (Å²) in [4.78, 5) is 13.3. The van der Waals surface area contributed by atoms with Gasteiger partial charge in [0.15, 0.2) is 0 Å². The van der Waals surface area contributed by atoms with Gasteiger partial charge in [-0.1, -0.05) is 23.9 Å². The summed E-state index contributed by atoms with van der Waals surface area (Å²) in [5.74, 6) is 1.19. The van der Waals surface area contributed by atoms with Crippen molar-refractivity contribution in [1.82, 2.24) is 5.06 Å². The van der Waals surface area contributed by atoms with Gasteiger partial charge in [-0.05, 0) is 60.7 Å². The number of hydroxylamine groups is 2. The molecule has 24 heavy (non-hydrogen) atoms. The predicted molar refractivity (Wildman–Crippen MR) is 92.5 cm³/mol. The van der Waals surface area contributed by atoms with Crippen molar-refractivity contribution in [2.24, 2.45) is 5.73 Å². The number of urea groups is 1. The Morgan fingerprint density at radius 2 is 1.92 bits per heavy atom. The monoisotopic (exact) mass is 344 g/mol. The van der Waals surface area contributed by atoms with E-state index in [9.17, 15) is 10.0 Å². The first-order chi connectivity index (χ1) is 11.6. The molecule has 2 amide bonds. The summed E-state index contributed by atoms with van der Waals surface area (Å²) < 4.78 is 5.17. The minimum absolute atomic E-state index is 0.176. The predicted octanol–water partition coefficient (Wildman–Crippen LogP) is 3.86. The van der Waals surface area contributed by atoms with Crippen LogP contribution in [0.4, 0.5) is 4.79 Å². The van der Waals surface area contributed by atoms with Crippen LogP contribution in [0.2, 0.25) is 0 Å². The standard InChI is InChI=1S/C18H20N2O3S/c1-23-15-5-7-16(8-6-15)24-17-4-2-3-12(11-17)13-9-14(10-13)20(22)18(19)21/h2-8,11,13-14,22H,9-10H2,1H3,(H2,19,21)/t13-,14-. The van der Waals surface area contributed by atoms with Crippen LogP contribution in [0.3, 0.4) is 0 Å². The molecule has 0 aromatic heterocycles. The van der Waals surface area contributed by atoms with Gasteiger partial charge in [0.2, 0.25) is 0 Å². The van der Waals surface area contributed by atoms with Crippen molar-refractivity contribution < 1.29 is 14.7 Å². The molecule has 1 fully saturated rings. The van der Waals surface area contributed by atoms with Gasteiger partial charge in [0.25, 0.3) is 0 Å². The lowest BCUT2D eigenvalue weighted by Gasteiger charge is -2.39. The highest BCUT2D eigenvalue weighted by Crippen LogP contribution is 2.40. The molecule has 2 aromatic rings. The highest BCUT2D eigenvalue weighted by atomic mass is 32.2. The molecule has 1 aliphatic carbocycles. The van der Waals surface area contributed by atoms with Gasteiger partial charge in [-0.3, -0.25) is 5.21 Å². The second kappa shape index (κ2) is 7.15. The summed E-state index contributed by atoms with van der Waals surface area (Å²) in [6, 6.07) is 15.4. The van der Waals surface area contributed by atoms with E-state index in [0.29, 0.717) is 11.0 Å². The number of nitrogens with two attached hydrogens (primary N) is 1. The summed E-state index contributed by atoms with van der Waals surface area (Å²) in [7, 11) is 1.66. The Morgan fingerprint density at radius 1 is 1.21 bits per heavy atom. The van der Waals surface area contributed by atoms with Gasteiger partial charge >= 0.3 is 6.03 Å². The first-order valence-corrected chi connectivity index (χ1v) is 8.58. The molecule has 3 rings (SSSR count). The van der Waals surface area contributed by atoms with Crippen molar-refractivity contribution in [2.75, 3.05) is 7.11 Å².